The number of hydrogen-bond donors (Lipinski definition) is 4. The summed E-state index contributed by atoms with van der Waals surface area (Å²) in [7, 11) is -4.42. The predicted molar refractivity (Wildman–Crippen MR) is 53.0 cm³/mol. The van der Waals surface area contributed by atoms with Crippen molar-refractivity contribution in [3.63, 3.8) is 0 Å². The van der Waals surface area contributed by atoms with Crippen LogP contribution in [0.1, 0.15) is 11.3 Å². The average molecular weight is 235 g/mol. The van der Waals surface area contributed by atoms with Crippen LogP contribution in [0.2, 0.25) is 0 Å². The zero-order valence-electron chi connectivity index (χ0n) is 7.95. The number of pyridine rings is 1. The predicted octanol–water partition coefficient (Wildman–Crippen LogP) is -0.201. The number of anilines is 1. The van der Waals surface area contributed by atoms with Crippen molar-refractivity contribution in [3.8, 4) is 5.75 Å². The zero-order valence-corrected chi connectivity index (χ0v) is 8.85. The Morgan fingerprint density at radius 3 is 2.73 bits per heavy atom. The molecule has 0 fully saturated rings. The maximum absolute atomic E-state index is 10.5. The van der Waals surface area contributed by atoms with Gasteiger partial charge in [0.1, 0.15) is 0 Å². The summed E-state index contributed by atoms with van der Waals surface area (Å²) in [6.07, 6.45) is 1.32. The van der Waals surface area contributed by atoms with Crippen LogP contribution in [0.4, 0.5) is 5.69 Å². The Kier molecular flexibility index (Phi) is 3.31. The van der Waals surface area contributed by atoms with Crippen molar-refractivity contribution in [2.45, 2.75) is 13.5 Å². The van der Waals surface area contributed by atoms with Gasteiger partial charge in [-0.05, 0) is 6.92 Å². The molecular formula is C7H12N2O5P+. The highest BCUT2D eigenvalue weighted by molar-refractivity contribution is 7.45. The van der Waals surface area contributed by atoms with Gasteiger partial charge in [-0.1, -0.05) is 0 Å². The van der Waals surface area contributed by atoms with Crippen molar-refractivity contribution < 1.29 is 24.0 Å². The first-order valence-corrected chi connectivity index (χ1v) is 5.55. The largest absolute Gasteiger partial charge is 0.630 e. The molecule has 0 amide bonds. The van der Waals surface area contributed by atoms with Gasteiger partial charge in [-0.25, -0.2) is 0 Å². The summed E-state index contributed by atoms with van der Waals surface area (Å²) in [6, 6.07) is 0. The van der Waals surface area contributed by atoms with Crippen molar-refractivity contribution in [2.75, 3.05) is 5.73 Å². The van der Waals surface area contributed by atoms with Gasteiger partial charge in [0.25, 0.3) is 0 Å². The second kappa shape index (κ2) is 4.16. The van der Waals surface area contributed by atoms with Crippen LogP contribution in [-0.2, 0) is 11.2 Å². The number of aryl methyl sites for hydroxylation is 1. The van der Waals surface area contributed by atoms with Gasteiger partial charge in [-0.2, -0.15) is 4.57 Å². The lowest BCUT2D eigenvalue weighted by atomic mass is 10.2. The molecule has 1 rings (SSSR count). The van der Waals surface area contributed by atoms with E-state index in [1.807, 2.05) is 0 Å². The minimum Gasteiger partial charge on any atom is -0.504 e. The average Bonchev–Trinajstić information content (AvgIpc) is 2.12. The van der Waals surface area contributed by atoms with E-state index in [0.29, 0.717) is 5.69 Å². The molecule has 0 aliphatic carbocycles. The first kappa shape index (κ1) is 11.9. The van der Waals surface area contributed by atoms with Crippen LogP contribution in [0.5, 0.6) is 5.75 Å². The molecule has 0 aromatic carbocycles. The van der Waals surface area contributed by atoms with E-state index in [4.69, 9.17) is 15.5 Å². The SMILES string of the molecule is Cc1ncc(C[OH+]P(=O)(O)O)c(N)c1O. The summed E-state index contributed by atoms with van der Waals surface area (Å²) in [4.78, 5) is 20.8. The van der Waals surface area contributed by atoms with Gasteiger partial charge in [0.05, 0.1) is 16.9 Å². The molecule has 1 aromatic heterocycles. The van der Waals surface area contributed by atoms with Gasteiger partial charge in [0.15, 0.2) is 12.4 Å². The molecule has 7 nitrogen and oxygen atoms in total. The number of aromatic hydroxyl groups is 1. The molecule has 1 aromatic rings. The third-order valence-electron chi connectivity index (χ3n) is 1.78. The highest BCUT2D eigenvalue weighted by atomic mass is 31.2. The quantitative estimate of drug-likeness (QED) is 0.424. The van der Waals surface area contributed by atoms with E-state index in [-0.39, 0.29) is 23.6 Å². The van der Waals surface area contributed by atoms with E-state index in [1.54, 1.807) is 6.92 Å². The topological polar surface area (TPSA) is 129 Å². The van der Waals surface area contributed by atoms with E-state index in [9.17, 15) is 9.67 Å². The van der Waals surface area contributed by atoms with E-state index < -0.39 is 7.82 Å². The molecule has 6 N–H and O–H groups in total. The van der Waals surface area contributed by atoms with Crippen LogP contribution in [0.25, 0.3) is 0 Å². The maximum Gasteiger partial charge on any atom is 0.630 e. The van der Waals surface area contributed by atoms with Crippen molar-refractivity contribution in [3.05, 3.63) is 17.5 Å². The van der Waals surface area contributed by atoms with Gasteiger partial charge < -0.3 is 15.4 Å². The van der Waals surface area contributed by atoms with Crippen molar-refractivity contribution >= 4 is 13.5 Å². The third kappa shape index (κ3) is 3.17. The lowest BCUT2D eigenvalue weighted by Crippen LogP contribution is -2.02. The molecule has 8 heteroatoms. The maximum atomic E-state index is 10.5. The Bertz CT molecular complexity index is 416. The zero-order chi connectivity index (χ0) is 11.6. The summed E-state index contributed by atoms with van der Waals surface area (Å²) in [5, 5.41) is 9.39. The second-order valence-electron chi connectivity index (χ2n) is 2.94. The lowest BCUT2D eigenvalue weighted by molar-refractivity contribution is 0.0595. The summed E-state index contributed by atoms with van der Waals surface area (Å²) >= 11 is 0. The fourth-order valence-corrected chi connectivity index (χ4v) is 1.28. The molecule has 0 aliphatic heterocycles. The van der Waals surface area contributed by atoms with Crippen molar-refractivity contribution in [1.82, 2.24) is 4.98 Å². The van der Waals surface area contributed by atoms with Crippen LogP contribution in [0, 0.1) is 6.92 Å². The fraction of sp³-hybridized carbons (Fsp3) is 0.286. The molecule has 1 heterocycles. The summed E-state index contributed by atoms with van der Waals surface area (Å²) in [5.74, 6) is -0.187. The molecule has 0 aliphatic rings. The van der Waals surface area contributed by atoms with Crippen LogP contribution < -0.4 is 5.73 Å². The number of nitrogen functional groups attached to an aromatic ring is 1. The third-order valence-corrected chi connectivity index (χ3v) is 2.29. The lowest BCUT2D eigenvalue weighted by Gasteiger charge is -2.07. The molecule has 0 atom stereocenters. The van der Waals surface area contributed by atoms with Crippen LogP contribution in [-0.4, -0.2) is 24.4 Å². The van der Waals surface area contributed by atoms with E-state index >= 15 is 0 Å². The summed E-state index contributed by atoms with van der Waals surface area (Å²) < 4.78 is 13.6. The minimum atomic E-state index is -4.42. The summed E-state index contributed by atoms with van der Waals surface area (Å²) in [6.45, 7) is 1.28. The smallest absolute Gasteiger partial charge is 0.504 e. The number of rotatable bonds is 3. The fourth-order valence-electron chi connectivity index (χ4n) is 0.947. The Morgan fingerprint density at radius 2 is 2.20 bits per heavy atom. The molecule has 0 saturated carbocycles. The molecule has 15 heavy (non-hydrogen) atoms. The molecule has 0 radical (unpaired) electrons. The van der Waals surface area contributed by atoms with Crippen molar-refractivity contribution in [1.29, 1.82) is 0 Å². The summed E-state index contributed by atoms with van der Waals surface area (Å²) in [5.41, 5.74) is 6.18. The van der Waals surface area contributed by atoms with Crippen LogP contribution in [0.3, 0.4) is 0 Å². The van der Waals surface area contributed by atoms with Crippen LogP contribution >= 0.6 is 7.82 Å². The minimum absolute atomic E-state index is 0.0414. The van der Waals surface area contributed by atoms with E-state index in [1.165, 1.54) is 6.20 Å². The Hall–Kier alpha value is -1.14. The first-order valence-electron chi connectivity index (χ1n) is 3.99. The first-order chi connectivity index (χ1) is 6.81. The second-order valence-corrected chi connectivity index (χ2v) is 4.25. The number of aromatic nitrogens is 1. The van der Waals surface area contributed by atoms with Crippen LogP contribution in [0.15, 0.2) is 6.20 Å². The van der Waals surface area contributed by atoms with Gasteiger partial charge in [0.2, 0.25) is 0 Å². The molecule has 84 valence electrons. The number of nitrogens with zero attached hydrogens (tertiary/aromatic N) is 1. The number of nitrogens with two attached hydrogens (primary N) is 1. The highest BCUT2D eigenvalue weighted by Gasteiger charge is 2.23. The molecular weight excluding hydrogens is 223 g/mol. The molecule has 0 bridgehead atoms. The standard InChI is InChI=1S/C7H11N2O5P/c1-4-7(10)6(8)5(2-9-4)3-14-15(11,12)13/h2,10H,3H2,1H3,(H2,8,9)(H2,11,12,13)/p+1. The molecule has 0 spiro atoms. The molecule has 0 unspecified atom stereocenters. The number of aliphatic hydroxyl groups is 1. The Balaban J connectivity index is 2.88. The Morgan fingerprint density at radius 1 is 1.60 bits per heavy atom. The number of hydrogen-bond acceptors (Lipinski definition) is 4. The van der Waals surface area contributed by atoms with Gasteiger partial charge in [-0.15, -0.1) is 0 Å². The van der Waals surface area contributed by atoms with Crippen molar-refractivity contribution in [2.24, 2.45) is 0 Å². The Labute approximate surface area is 85.8 Å². The highest BCUT2D eigenvalue weighted by Crippen LogP contribution is 2.35. The molecule has 0 saturated heterocycles. The van der Waals surface area contributed by atoms with Gasteiger partial charge in [0, 0.05) is 6.20 Å². The normalized spacial score (nSPS) is 11.7. The van der Waals surface area contributed by atoms with Gasteiger partial charge in [-0.3, -0.25) is 14.8 Å². The van der Waals surface area contributed by atoms with E-state index in [2.05, 4.69) is 9.51 Å². The van der Waals surface area contributed by atoms with Gasteiger partial charge >= 0.3 is 7.82 Å². The van der Waals surface area contributed by atoms with E-state index in [0.717, 1.165) is 0 Å². The monoisotopic (exact) mass is 235 g/mol.